The Morgan fingerprint density at radius 1 is 0.950 bits per heavy atom. The highest BCUT2D eigenvalue weighted by atomic mass is 35.5. The summed E-state index contributed by atoms with van der Waals surface area (Å²) in [5.74, 6) is -0.777. The van der Waals surface area contributed by atoms with Gasteiger partial charge in [0.2, 0.25) is 0 Å². The van der Waals surface area contributed by atoms with Crippen molar-refractivity contribution >= 4 is 16.8 Å². The average Bonchev–Trinajstić information content (AvgIpc) is 2.38. The van der Waals surface area contributed by atoms with Crippen molar-refractivity contribution in [3.05, 3.63) is 59.4 Å². The molecule has 0 heterocycles. The molecule has 1 nitrogen and oxygen atoms in total. The van der Waals surface area contributed by atoms with Crippen LogP contribution < -0.4 is 0 Å². The number of halogens is 5. The summed E-state index contributed by atoms with van der Waals surface area (Å²) in [4.78, 5) is 11.0. The van der Waals surface area contributed by atoms with Crippen LogP contribution in [0.3, 0.4) is 0 Å². The van der Waals surface area contributed by atoms with Gasteiger partial charge < -0.3 is 0 Å². The molecule has 2 aromatic carbocycles. The maximum Gasteiger partial charge on any atom is 0.416 e. The molecule has 0 radical (unpaired) electrons. The Balaban J connectivity index is 2.42. The van der Waals surface area contributed by atoms with E-state index in [1.54, 1.807) is 0 Å². The number of alkyl halides is 3. The molecule has 0 aliphatic heterocycles. The van der Waals surface area contributed by atoms with Crippen molar-refractivity contribution in [1.29, 1.82) is 0 Å². The molecule has 2 rings (SSSR count). The maximum absolute atomic E-state index is 13.3. The Morgan fingerprint density at radius 3 is 2.00 bits per heavy atom. The quantitative estimate of drug-likeness (QED) is 0.570. The minimum atomic E-state index is -4.42. The molecule has 0 bridgehead atoms. The summed E-state index contributed by atoms with van der Waals surface area (Å²) in [6.45, 7) is 0. The molecular weight excluding hydrogens is 296 g/mol. The first-order chi connectivity index (χ1) is 9.29. The monoisotopic (exact) mass is 302 g/mol. The normalized spacial score (nSPS) is 11.4. The average molecular weight is 303 g/mol. The van der Waals surface area contributed by atoms with Gasteiger partial charge in [-0.15, -0.1) is 0 Å². The lowest BCUT2D eigenvalue weighted by molar-refractivity contribution is -0.137. The van der Waals surface area contributed by atoms with E-state index in [1.807, 2.05) is 0 Å². The molecular formula is C14H7ClF4O. The first kappa shape index (κ1) is 14.5. The summed E-state index contributed by atoms with van der Waals surface area (Å²) < 4.78 is 50.6. The van der Waals surface area contributed by atoms with Gasteiger partial charge in [0.05, 0.1) is 11.1 Å². The van der Waals surface area contributed by atoms with Crippen LogP contribution in [-0.2, 0) is 6.18 Å². The van der Waals surface area contributed by atoms with Crippen LogP contribution in [0.2, 0.25) is 0 Å². The zero-order valence-corrected chi connectivity index (χ0v) is 10.6. The Hall–Kier alpha value is -1.88. The van der Waals surface area contributed by atoms with E-state index >= 15 is 0 Å². The molecule has 0 unspecified atom stereocenters. The summed E-state index contributed by atoms with van der Waals surface area (Å²) in [5.41, 5.74) is -0.262. The van der Waals surface area contributed by atoms with Crippen LogP contribution in [0.15, 0.2) is 42.5 Å². The molecule has 0 saturated carbocycles. The molecule has 2 aromatic rings. The minimum Gasteiger partial charge on any atom is -0.275 e. The highest BCUT2D eigenvalue weighted by Crippen LogP contribution is 2.31. The number of carbonyl (C=O) groups is 1. The third kappa shape index (κ3) is 2.99. The van der Waals surface area contributed by atoms with Crippen LogP contribution in [0.1, 0.15) is 15.9 Å². The third-order valence-corrected chi connectivity index (χ3v) is 2.93. The van der Waals surface area contributed by atoms with E-state index in [9.17, 15) is 22.4 Å². The van der Waals surface area contributed by atoms with Crippen molar-refractivity contribution < 1.29 is 22.4 Å². The van der Waals surface area contributed by atoms with Gasteiger partial charge in [-0.05, 0) is 47.0 Å². The lowest BCUT2D eigenvalue weighted by Crippen LogP contribution is -2.04. The van der Waals surface area contributed by atoms with E-state index in [1.165, 1.54) is 24.3 Å². The SMILES string of the molecule is O=C(Cl)c1cc(-c2ccc(C(F)(F)F)cc2)ccc1F. The standard InChI is InChI=1S/C14H7ClF4O/c15-13(20)11-7-9(3-6-12(11)16)8-1-4-10(5-2-8)14(17,18)19/h1-7H. The summed E-state index contributed by atoms with van der Waals surface area (Å²) in [5, 5.41) is -0.962. The molecule has 0 atom stereocenters. The van der Waals surface area contributed by atoms with Gasteiger partial charge in [-0.1, -0.05) is 18.2 Å². The van der Waals surface area contributed by atoms with Crippen molar-refractivity contribution in [3.63, 3.8) is 0 Å². The third-order valence-electron chi connectivity index (χ3n) is 2.72. The molecule has 0 fully saturated rings. The van der Waals surface area contributed by atoms with Crippen molar-refractivity contribution in [2.75, 3.05) is 0 Å². The van der Waals surface area contributed by atoms with Crippen LogP contribution in [0, 0.1) is 5.82 Å². The van der Waals surface area contributed by atoms with E-state index in [0.29, 0.717) is 11.1 Å². The minimum absolute atomic E-state index is 0.316. The fourth-order valence-corrected chi connectivity index (χ4v) is 1.85. The second kappa shape index (κ2) is 5.25. The summed E-state index contributed by atoms with van der Waals surface area (Å²) in [6.07, 6.45) is -4.42. The molecule has 0 N–H and O–H groups in total. The van der Waals surface area contributed by atoms with Crippen LogP contribution >= 0.6 is 11.6 Å². The van der Waals surface area contributed by atoms with Crippen LogP contribution in [0.4, 0.5) is 17.6 Å². The van der Waals surface area contributed by atoms with Crippen molar-refractivity contribution in [2.24, 2.45) is 0 Å². The summed E-state index contributed by atoms with van der Waals surface area (Å²) in [7, 11) is 0. The van der Waals surface area contributed by atoms with Gasteiger partial charge in [-0.3, -0.25) is 4.79 Å². The van der Waals surface area contributed by atoms with Gasteiger partial charge in [0.15, 0.2) is 0 Å². The highest BCUT2D eigenvalue weighted by Gasteiger charge is 2.29. The van der Waals surface area contributed by atoms with E-state index in [2.05, 4.69) is 0 Å². The lowest BCUT2D eigenvalue weighted by atomic mass is 10.0. The molecule has 0 aromatic heterocycles. The van der Waals surface area contributed by atoms with Crippen molar-refractivity contribution in [3.8, 4) is 11.1 Å². The number of hydrogen-bond donors (Lipinski definition) is 0. The molecule has 0 aliphatic carbocycles. The smallest absolute Gasteiger partial charge is 0.275 e. The highest BCUT2D eigenvalue weighted by molar-refractivity contribution is 6.67. The predicted molar refractivity (Wildman–Crippen MR) is 67.0 cm³/mol. The Bertz CT molecular complexity index is 647. The van der Waals surface area contributed by atoms with E-state index in [4.69, 9.17) is 11.6 Å². The fraction of sp³-hybridized carbons (Fsp3) is 0.0714. The fourth-order valence-electron chi connectivity index (χ4n) is 1.71. The largest absolute Gasteiger partial charge is 0.416 e. The number of hydrogen-bond acceptors (Lipinski definition) is 1. The Kier molecular flexibility index (Phi) is 3.81. The molecule has 0 aliphatic rings. The van der Waals surface area contributed by atoms with E-state index in [0.717, 1.165) is 18.2 Å². The summed E-state index contributed by atoms with van der Waals surface area (Å²) >= 11 is 5.23. The second-order valence-corrected chi connectivity index (χ2v) is 4.39. The topological polar surface area (TPSA) is 17.1 Å². The lowest BCUT2D eigenvalue weighted by Gasteiger charge is -2.08. The van der Waals surface area contributed by atoms with Gasteiger partial charge in [0.1, 0.15) is 5.82 Å². The molecule has 0 saturated heterocycles. The zero-order valence-electron chi connectivity index (χ0n) is 9.84. The second-order valence-electron chi connectivity index (χ2n) is 4.04. The van der Waals surface area contributed by atoms with Crippen molar-refractivity contribution in [2.45, 2.75) is 6.18 Å². The van der Waals surface area contributed by atoms with Gasteiger partial charge in [-0.2, -0.15) is 13.2 Å². The zero-order chi connectivity index (χ0) is 14.9. The Morgan fingerprint density at radius 2 is 1.50 bits per heavy atom. The van der Waals surface area contributed by atoms with Crippen LogP contribution in [-0.4, -0.2) is 5.24 Å². The first-order valence-corrected chi connectivity index (χ1v) is 5.84. The maximum atomic E-state index is 13.3. The first-order valence-electron chi connectivity index (χ1n) is 5.46. The van der Waals surface area contributed by atoms with Gasteiger partial charge >= 0.3 is 6.18 Å². The van der Waals surface area contributed by atoms with Gasteiger partial charge in [0.25, 0.3) is 5.24 Å². The molecule has 6 heteroatoms. The van der Waals surface area contributed by atoms with E-state index in [-0.39, 0.29) is 5.56 Å². The molecule has 0 amide bonds. The van der Waals surface area contributed by atoms with Gasteiger partial charge in [0, 0.05) is 0 Å². The van der Waals surface area contributed by atoms with Gasteiger partial charge in [-0.25, -0.2) is 4.39 Å². The predicted octanol–water partition coefficient (Wildman–Crippen LogP) is 4.89. The van der Waals surface area contributed by atoms with Crippen molar-refractivity contribution in [1.82, 2.24) is 0 Å². The molecule has 104 valence electrons. The molecule has 0 spiro atoms. The van der Waals surface area contributed by atoms with Crippen LogP contribution in [0.25, 0.3) is 11.1 Å². The van der Waals surface area contributed by atoms with Crippen LogP contribution in [0.5, 0.6) is 0 Å². The molecule has 20 heavy (non-hydrogen) atoms. The number of rotatable bonds is 2. The Labute approximate surface area is 116 Å². The van der Waals surface area contributed by atoms with E-state index < -0.39 is 22.8 Å². The number of carbonyl (C=O) groups excluding carboxylic acids is 1. The number of benzene rings is 2. The summed E-state index contributed by atoms with van der Waals surface area (Å²) in [6, 6.07) is 7.94.